The Hall–Kier alpha value is -6.12. The third-order valence-corrected chi connectivity index (χ3v) is 9.07. The van der Waals surface area contributed by atoms with Gasteiger partial charge in [0.1, 0.15) is 5.58 Å². The lowest BCUT2D eigenvalue weighted by Crippen LogP contribution is -2.10. The third-order valence-electron chi connectivity index (χ3n) is 9.07. The van der Waals surface area contributed by atoms with Crippen molar-refractivity contribution < 1.29 is 4.42 Å². The lowest BCUT2D eigenvalue weighted by atomic mass is 9.98. The number of furan rings is 1. The van der Waals surface area contributed by atoms with Crippen LogP contribution >= 0.6 is 0 Å². The standard InChI is InChI=1S/C44H29NO/c1-2-10-30(11-3-1)31-20-25-35(26-21-31)45(36-27-22-34(23-28-36)38-17-8-14-32-12-4-6-15-37(32)38)41-19-9-18-40-43-39-16-7-5-13-33(39)24-29-42(43)46-44(40)41/h1-29H. The number of hydrogen-bond acceptors (Lipinski definition) is 2. The quantitative estimate of drug-likeness (QED) is 0.199. The molecule has 0 bridgehead atoms. The van der Waals surface area contributed by atoms with E-state index in [0.29, 0.717) is 0 Å². The number of benzene rings is 8. The van der Waals surface area contributed by atoms with Crippen molar-refractivity contribution in [3.05, 3.63) is 176 Å². The molecule has 0 amide bonds. The Kier molecular flexibility index (Phi) is 6.17. The molecular weight excluding hydrogens is 558 g/mol. The van der Waals surface area contributed by atoms with Crippen LogP contribution in [0.5, 0.6) is 0 Å². The predicted octanol–water partition coefficient (Wildman–Crippen LogP) is 12.7. The molecule has 0 fully saturated rings. The van der Waals surface area contributed by atoms with Gasteiger partial charge in [-0.05, 0) is 80.2 Å². The highest BCUT2D eigenvalue weighted by Crippen LogP contribution is 2.44. The van der Waals surface area contributed by atoms with E-state index in [1.165, 1.54) is 43.8 Å². The van der Waals surface area contributed by atoms with Gasteiger partial charge in [-0.1, -0.05) is 140 Å². The van der Waals surface area contributed by atoms with Gasteiger partial charge in [0, 0.05) is 22.1 Å². The van der Waals surface area contributed by atoms with Gasteiger partial charge in [-0.2, -0.15) is 0 Å². The van der Waals surface area contributed by atoms with Crippen LogP contribution in [0.15, 0.2) is 180 Å². The molecule has 9 aromatic rings. The minimum atomic E-state index is 0.874. The number of para-hydroxylation sites is 1. The van der Waals surface area contributed by atoms with Crippen LogP contribution in [-0.2, 0) is 0 Å². The van der Waals surface area contributed by atoms with Crippen molar-refractivity contribution in [3.8, 4) is 22.3 Å². The van der Waals surface area contributed by atoms with Crippen LogP contribution in [0.4, 0.5) is 17.1 Å². The smallest absolute Gasteiger partial charge is 0.159 e. The van der Waals surface area contributed by atoms with Gasteiger partial charge in [-0.25, -0.2) is 0 Å². The van der Waals surface area contributed by atoms with Crippen molar-refractivity contribution in [2.75, 3.05) is 4.90 Å². The first kappa shape index (κ1) is 26.3. The maximum atomic E-state index is 6.71. The molecule has 0 saturated carbocycles. The molecule has 0 atom stereocenters. The molecule has 0 aliphatic heterocycles. The topological polar surface area (TPSA) is 16.4 Å². The summed E-state index contributed by atoms with van der Waals surface area (Å²) in [5.74, 6) is 0. The fraction of sp³-hybridized carbons (Fsp3) is 0. The van der Waals surface area contributed by atoms with Crippen LogP contribution in [-0.4, -0.2) is 0 Å². The zero-order valence-electron chi connectivity index (χ0n) is 25.1. The van der Waals surface area contributed by atoms with E-state index in [-0.39, 0.29) is 0 Å². The van der Waals surface area contributed by atoms with Gasteiger partial charge in [0.2, 0.25) is 0 Å². The summed E-state index contributed by atoms with van der Waals surface area (Å²) < 4.78 is 6.71. The molecule has 1 heterocycles. The number of rotatable bonds is 5. The fourth-order valence-electron chi connectivity index (χ4n) is 6.86. The molecule has 1 aromatic heterocycles. The summed E-state index contributed by atoms with van der Waals surface area (Å²) in [6.45, 7) is 0. The van der Waals surface area contributed by atoms with Crippen molar-refractivity contribution in [1.29, 1.82) is 0 Å². The van der Waals surface area contributed by atoms with E-state index >= 15 is 0 Å². The first-order chi connectivity index (χ1) is 22.8. The molecule has 2 nitrogen and oxygen atoms in total. The average Bonchev–Trinajstić information content (AvgIpc) is 3.53. The summed E-state index contributed by atoms with van der Waals surface area (Å²) in [6.07, 6.45) is 0. The van der Waals surface area contributed by atoms with Crippen LogP contribution in [0.25, 0.3) is 65.7 Å². The molecule has 8 aromatic carbocycles. The van der Waals surface area contributed by atoms with Gasteiger partial charge in [-0.3, -0.25) is 0 Å². The lowest BCUT2D eigenvalue weighted by Gasteiger charge is -2.26. The second kappa shape index (κ2) is 10.8. The predicted molar refractivity (Wildman–Crippen MR) is 194 cm³/mol. The number of fused-ring (bicyclic) bond motifs is 6. The molecule has 2 heteroatoms. The van der Waals surface area contributed by atoms with Crippen molar-refractivity contribution in [3.63, 3.8) is 0 Å². The van der Waals surface area contributed by atoms with E-state index < -0.39 is 0 Å². The van der Waals surface area contributed by atoms with Crippen molar-refractivity contribution >= 4 is 60.5 Å². The highest BCUT2D eigenvalue weighted by molar-refractivity contribution is 6.21. The number of nitrogens with zero attached hydrogens (tertiary/aromatic N) is 1. The molecule has 0 radical (unpaired) electrons. The first-order valence-electron chi connectivity index (χ1n) is 15.7. The van der Waals surface area contributed by atoms with Crippen molar-refractivity contribution in [1.82, 2.24) is 0 Å². The Morgan fingerprint density at radius 1 is 0.370 bits per heavy atom. The SMILES string of the molecule is c1ccc(-c2ccc(N(c3ccc(-c4cccc5ccccc45)cc3)c3cccc4c3oc3ccc5ccccc5c34)cc2)cc1. The summed E-state index contributed by atoms with van der Waals surface area (Å²) in [5.41, 5.74) is 9.71. The fourth-order valence-corrected chi connectivity index (χ4v) is 6.86. The van der Waals surface area contributed by atoms with Gasteiger partial charge < -0.3 is 9.32 Å². The van der Waals surface area contributed by atoms with Gasteiger partial charge in [-0.15, -0.1) is 0 Å². The Labute approximate surface area is 267 Å². The molecule has 0 spiro atoms. The summed E-state index contributed by atoms with van der Waals surface area (Å²) >= 11 is 0. The van der Waals surface area contributed by atoms with Crippen molar-refractivity contribution in [2.45, 2.75) is 0 Å². The maximum absolute atomic E-state index is 6.71. The van der Waals surface area contributed by atoms with E-state index in [2.05, 4.69) is 181 Å². The van der Waals surface area contributed by atoms with E-state index in [1.807, 2.05) is 0 Å². The Balaban J connectivity index is 1.23. The summed E-state index contributed by atoms with van der Waals surface area (Å²) in [7, 11) is 0. The molecule has 9 rings (SSSR count). The maximum Gasteiger partial charge on any atom is 0.159 e. The molecule has 0 aliphatic carbocycles. The second-order valence-corrected chi connectivity index (χ2v) is 11.7. The van der Waals surface area contributed by atoms with Crippen LogP contribution in [0.1, 0.15) is 0 Å². The highest BCUT2D eigenvalue weighted by Gasteiger charge is 2.20. The van der Waals surface area contributed by atoms with Crippen LogP contribution < -0.4 is 4.90 Å². The Morgan fingerprint density at radius 2 is 0.935 bits per heavy atom. The second-order valence-electron chi connectivity index (χ2n) is 11.7. The van der Waals surface area contributed by atoms with Crippen LogP contribution in [0, 0.1) is 0 Å². The highest BCUT2D eigenvalue weighted by atomic mass is 16.3. The van der Waals surface area contributed by atoms with Crippen LogP contribution in [0.3, 0.4) is 0 Å². The minimum absolute atomic E-state index is 0.874. The molecule has 0 aliphatic rings. The van der Waals surface area contributed by atoms with Crippen LogP contribution in [0.2, 0.25) is 0 Å². The minimum Gasteiger partial charge on any atom is -0.454 e. The molecule has 0 unspecified atom stereocenters. The summed E-state index contributed by atoms with van der Waals surface area (Å²) in [6, 6.07) is 62.6. The van der Waals surface area contributed by atoms with E-state index in [4.69, 9.17) is 4.42 Å². The van der Waals surface area contributed by atoms with E-state index in [0.717, 1.165) is 39.0 Å². The third kappa shape index (κ3) is 4.35. The molecule has 0 N–H and O–H groups in total. The molecule has 216 valence electrons. The first-order valence-corrected chi connectivity index (χ1v) is 15.7. The Morgan fingerprint density at radius 3 is 1.70 bits per heavy atom. The molecular formula is C44H29NO. The normalized spacial score (nSPS) is 11.5. The van der Waals surface area contributed by atoms with E-state index in [9.17, 15) is 0 Å². The van der Waals surface area contributed by atoms with Crippen molar-refractivity contribution in [2.24, 2.45) is 0 Å². The number of hydrogen-bond donors (Lipinski definition) is 0. The summed E-state index contributed by atoms with van der Waals surface area (Å²) in [4.78, 5) is 2.31. The zero-order valence-corrected chi connectivity index (χ0v) is 25.1. The Bertz CT molecular complexity index is 2500. The molecule has 46 heavy (non-hydrogen) atoms. The van der Waals surface area contributed by atoms with Gasteiger partial charge in [0.15, 0.2) is 5.58 Å². The van der Waals surface area contributed by atoms with Gasteiger partial charge in [0.25, 0.3) is 0 Å². The monoisotopic (exact) mass is 587 g/mol. The molecule has 0 saturated heterocycles. The lowest BCUT2D eigenvalue weighted by molar-refractivity contribution is 0.669. The zero-order chi connectivity index (χ0) is 30.5. The van der Waals surface area contributed by atoms with E-state index in [1.54, 1.807) is 0 Å². The van der Waals surface area contributed by atoms with Gasteiger partial charge in [0.05, 0.1) is 5.69 Å². The van der Waals surface area contributed by atoms with Gasteiger partial charge >= 0.3 is 0 Å². The number of anilines is 3. The summed E-state index contributed by atoms with van der Waals surface area (Å²) in [5, 5.41) is 7.18. The largest absolute Gasteiger partial charge is 0.454 e. The average molecular weight is 588 g/mol.